The molecule has 1 aromatic heterocycles. The molecule has 4 rings (SSSR count). The second-order valence-corrected chi connectivity index (χ2v) is 6.69. The normalized spacial score (nSPS) is 15.6. The molecule has 0 bridgehead atoms. The Balaban J connectivity index is 1.56. The molecule has 30 heavy (non-hydrogen) atoms. The van der Waals surface area contributed by atoms with Crippen molar-refractivity contribution in [3.05, 3.63) is 83.8 Å². The van der Waals surface area contributed by atoms with Gasteiger partial charge >= 0.3 is 0 Å². The largest absolute Gasteiger partial charge is 0.497 e. The number of hydrogen-bond donors (Lipinski definition) is 0. The predicted octanol–water partition coefficient (Wildman–Crippen LogP) is 3.86. The Morgan fingerprint density at radius 1 is 1.17 bits per heavy atom. The first-order chi connectivity index (χ1) is 14.7. The van der Waals surface area contributed by atoms with Crippen molar-refractivity contribution >= 4 is 17.9 Å². The van der Waals surface area contributed by atoms with Gasteiger partial charge in [-0.1, -0.05) is 12.1 Å². The van der Waals surface area contributed by atoms with E-state index in [0.29, 0.717) is 29.8 Å². The summed E-state index contributed by atoms with van der Waals surface area (Å²) in [6.45, 7) is -0.249. The SMILES string of the molecule is COc1ccc(C2=NN(C(=O)COc3ccccc3C=O)[C@H](c3ccco3)C2)cc1. The first-order valence-corrected chi connectivity index (χ1v) is 9.44. The molecule has 0 spiro atoms. The summed E-state index contributed by atoms with van der Waals surface area (Å²) in [6, 6.07) is 17.5. The quantitative estimate of drug-likeness (QED) is 0.559. The number of carbonyl (C=O) groups excluding carboxylic acids is 2. The van der Waals surface area contributed by atoms with Crippen LogP contribution in [0, 0.1) is 0 Å². The highest BCUT2D eigenvalue weighted by molar-refractivity contribution is 6.03. The zero-order chi connectivity index (χ0) is 20.9. The maximum atomic E-state index is 12.9. The molecule has 0 radical (unpaired) electrons. The Kier molecular flexibility index (Phi) is 5.61. The molecule has 1 amide bonds. The molecule has 2 aromatic carbocycles. The lowest BCUT2D eigenvalue weighted by Gasteiger charge is -2.20. The molecule has 0 unspecified atom stereocenters. The summed E-state index contributed by atoms with van der Waals surface area (Å²) in [5, 5.41) is 5.95. The van der Waals surface area contributed by atoms with Gasteiger partial charge in [-0.25, -0.2) is 5.01 Å². The van der Waals surface area contributed by atoms with E-state index in [1.54, 1.807) is 43.7 Å². The summed E-state index contributed by atoms with van der Waals surface area (Å²) in [5.41, 5.74) is 2.05. The van der Waals surface area contributed by atoms with Gasteiger partial charge in [0.2, 0.25) is 0 Å². The summed E-state index contributed by atoms with van der Waals surface area (Å²) >= 11 is 0. The lowest BCUT2D eigenvalue weighted by Crippen LogP contribution is -2.31. The Labute approximate surface area is 173 Å². The van der Waals surface area contributed by atoms with Crippen LogP contribution in [0.5, 0.6) is 11.5 Å². The number of aldehydes is 1. The monoisotopic (exact) mass is 404 g/mol. The van der Waals surface area contributed by atoms with Crippen LogP contribution in [0.25, 0.3) is 0 Å². The number of hydrazone groups is 1. The molecule has 3 aromatic rings. The number of furan rings is 1. The number of rotatable bonds is 7. The molecule has 2 heterocycles. The third-order valence-electron chi connectivity index (χ3n) is 4.86. The van der Waals surface area contributed by atoms with Crippen LogP contribution < -0.4 is 9.47 Å². The van der Waals surface area contributed by atoms with Gasteiger partial charge in [-0.2, -0.15) is 5.10 Å². The molecule has 7 nitrogen and oxygen atoms in total. The first kappa shape index (κ1) is 19.4. The fourth-order valence-corrected chi connectivity index (χ4v) is 3.32. The Morgan fingerprint density at radius 2 is 1.97 bits per heavy atom. The van der Waals surface area contributed by atoms with Crippen molar-refractivity contribution < 1.29 is 23.5 Å². The van der Waals surface area contributed by atoms with E-state index in [-0.39, 0.29) is 18.6 Å². The van der Waals surface area contributed by atoms with Crippen LogP contribution >= 0.6 is 0 Å². The number of benzene rings is 2. The molecule has 152 valence electrons. The molecule has 0 saturated heterocycles. The second kappa shape index (κ2) is 8.65. The van der Waals surface area contributed by atoms with Crippen molar-refractivity contribution in [2.75, 3.05) is 13.7 Å². The summed E-state index contributed by atoms with van der Waals surface area (Å²) < 4.78 is 16.3. The van der Waals surface area contributed by atoms with E-state index in [1.165, 1.54) is 5.01 Å². The van der Waals surface area contributed by atoms with Gasteiger partial charge in [0, 0.05) is 6.42 Å². The minimum atomic E-state index is -0.366. The molecular weight excluding hydrogens is 384 g/mol. The van der Waals surface area contributed by atoms with Gasteiger partial charge in [0.1, 0.15) is 23.3 Å². The molecule has 0 fully saturated rings. The van der Waals surface area contributed by atoms with Gasteiger partial charge in [-0.3, -0.25) is 9.59 Å². The summed E-state index contributed by atoms with van der Waals surface area (Å²) in [5.74, 6) is 1.41. The Bertz CT molecular complexity index is 1060. The maximum Gasteiger partial charge on any atom is 0.281 e. The topological polar surface area (TPSA) is 81.3 Å². The number of amides is 1. The van der Waals surface area contributed by atoms with Crippen LogP contribution in [0.3, 0.4) is 0 Å². The second-order valence-electron chi connectivity index (χ2n) is 6.69. The van der Waals surface area contributed by atoms with E-state index >= 15 is 0 Å². The summed E-state index contributed by atoms with van der Waals surface area (Å²) in [6.07, 6.45) is 2.78. The van der Waals surface area contributed by atoms with Crippen molar-refractivity contribution in [1.82, 2.24) is 5.01 Å². The lowest BCUT2D eigenvalue weighted by molar-refractivity contribution is -0.135. The van der Waals surface area contributed by atoms with E-state index in [4.69, 9.17) is 13.9 Å². The van der Waals surface area contributed by atoms with Crippen LogP contribution in [0.15, 0.2) is 76.4 Å². The predicted molar refractivity (Wildman–Crippen MR) is 110 cm³/mol. The fraction of sp³-hybridized carbons (Fsp3) is 0.174. The van der Waals surface area contributed by atoms with Crippen LogP contribution in [0.1, 0.15) is 34.1 Å². The molecule has 0 saturated carbocycles. The molecule has 0 aliphatic carbocycles. The van der Waals surface area contributed by atoms with E-state index < -0.39 is 0 Å². The zero-order valence-electron chi connectivity index (χ0n) is 16.4. The minimum absolute atomic E-state index is 0.249. The van der Waals surface area contributed by atoms with E-state index in [2.05, 4.69) is 5.10 Å². The van der Waals surface area contributed by atoms with Crippen LogP contribution in [-0.2, 0) is 4.79 Å². The van der Waals surface area contributed by atoms with Gasteiger partial charge in [-0.05, 0) is 54.1 Å². The van der Waals surface area contributed by atoms with Gasteiger partial charge in [0.05, 0.1) is 24.6 Å². The number of carbonyl (C=O) groups is 2. The molecule has 1 atom stereocenters. The number of nitrogens with zero attached hydrogens (tertiary/aromatic N) is 2. The van der Waals surface area contributed by atoms with Crippen molar-refractivity contribution in [3.8, 4) is 11.5 Å². The highest BCUT2D eigenvalue weighted by Gasteiger charge is 2.35. The molecule has 7 heteroatoms. The fourth-order valence-electron chi connectivity index (χ4n) is 3.32. The standard InChI is InChI=1S/C23H20N2O5/c1-28-18-10-8-16(9-11-18)19-13-20(22-7-4-12-29-22)25(24-19)23(27)15-30-21-6-3-2-5-17(21)14-26/h2-12,14,20H,13,15H2,1H3/t20-/m0/s1. The van der Waals surface area contributed by atoms with Gasteiger partial charge in [0.15, 0.2) is 12.9 Å². The van der Waals surface area contributed by atoms with Gasteiger partial charge in [0.25, 0.3) is 5.91 Å². The smallest absolute Gasteiger partial charge is 0.281 e. The summed E-state index contributed by atoms with van der Waals surface area (Å²) in [4.78, 5) is 24.1. The van der Waals surface area contributed by atoms with Crippen LogP contribution in [-0.4, -0.2) is 36.6 Å². The van der Waals surface area contributed by atoms with Crippen LogP contribution in [0.2, 0.25) is 0 Å². The molecule has 1 aliphatic rings. The van der Waals surface area contributed by atoms with Crippen LogP contribution in [0.4, 0.5) is 0 Å². The van der Waals surface area contributed by atoms with Gasteiger partial charge in [-0.15, -0.1) is 0 Å². The average molecular weight is 404 g/mol. The Hall–Kier alpha value is -3.87. The van der Waals surface area contributed by atoms with E-state index in [1.807, 2.05) is 30.3 Å². The molecule has 0 N–H and O–H groups in total. The third kappa shape index (κ3) is 3.96. The maximum absolute atomic E-state index is 12.9. The third-order valence-corrected chi connectivity index (χ3v) is 4.86. The first-order valence-electron chi connectivity index (χ1n) is 9.44. The van der Waals surface area contributed by atoms with Crippen molar-refractivity contribution in [2.24, 2.45) is 5.10 Å². The molecule has 1 aliphatic heterocycles. The van der Waals surface area contributed by atoms with Crippen molar-refractivity contribution in [1.29, 1.82) is 0 Å². The average Bonchev–Trinajstić information content (AvgIpc) is 3.47. The molecular formula is C23H20N2O5. The van der Waals surface area contributed by atoms with Gasteiger partial charge < -0.3 is 13.9 Å². The Morgan fingerprint density at radius 3 is 2.67 bits per heavy atom. The number of para-hydroxylation sites is 1. The number of ether oxygens (including phenoxy) is 2. The highest BCUT2D eigenvalue weighted by Crippen LogP contribution is 2.33. The minimum Gasteiger partial charge on any atom is -0.497 e. The number of methoxy groups -OCH3 is 1. The lowest BCUT2D eigenvalue weighted by atomic mass is 10.0. The van der Waals surface area contributed by atoms with Crippen molar-refractivity contribution in [2.45, 2.75) is 12.5 Å². The number of hydrogen-bond acceptors (Lipinski definition) is 6. The summed E-state index contributed by atoms with van der Waals surface area (Å²) in [7, 11) is 1.61. The highest BCUT2D eigenvalue weighted by atomic mass is 16.5. The van der Waals surface area contributed by atoms with E-state index in [9.17, 15) is 9.59 Å². The van der Waals surface area contributed by atoms with E-state index in [0.717, 1.165) is 17.0 Å². The zero-order valence-corrected chi connectivity index (χ0v) is 16.4. The van der Waals surface area contributed by atoms with Crippen molar-refractivity contribution in [3.63, 3.8) is 0 Å².